The Balaban J connectivity index is 3.10. The van der Waals surface area contributed by atoms with Gasteiger partial charge in [0, 0.05) is 6.04 Å². The molecule has 0 heterocycles. The minimum absolute atomic E-state index is 0.675. The summed E-state index contributed by atoms with van der Waals surface area (Å²) in [5.74, 6) is 0.800. The zero-order valence-electron chi connectivity index (χ0n) is 14.4. The molecule has 0 aromatic rings. The summed E-state index contributed by atoms with van der Waals surface area (Å²) in [7, 11) is 0. The minimum Gasteiger partial charge on any atom is -0.330 e. The zero-order valence-corrected chi connectivity index (χ0v) is 14.4. The molecule has 2 nitrogen and oxygen atoms in total. The highest BCUT2D eigenvalue weighted by Gasteiger charge is 2.07. The van der Waals surface area contributed by atoms with E-state index in [-0.39, 0.29) is 0 Å². The van der Waals surface area contributed by atoms with Crippen LogP contribution < -0.4 is 11.1 Å². The molecular formula is C18H40N2. The molecule has 2 unspecified atom stereocenters. The number of hydrogen-bond donors (Lipinski definition) is 2. The van der Waals surface area contributed by atoms with Crippen LogP contribution in [0.5, 0.6) is 0 Å². The van der Waals surface area contributed by atoms with Gasteiger partial charge in [-0.2, -0.15) is 0 Å². The molecule has 3 N–H and O–H groups in total. The number of nitrogens with two attached hydrogens (primary N) is 1. The first kappa shape index (κ1) is 19.9. The second-order valence-electron chi connectivity index (χ2n) is 6.45. The van der Waals surface area contributed by atoms with Crippen molar-refractivity contribution in [1.82, 2.24) is 5.32 Å². The van der Waals surface area contributed by atoms with E-state index in [0.29, 0.717) is 6.04 Å². The van der Waals surface area contributed by atoms with Gasteiger partial charge in [0.25, 0.3) is 0 Å². The van der Waals surface area contributed by atoms with E-state index < -0.39 is 0 Å². The van der Waals surface area contributed by atoms with Crippen LogP contribution >= 0.6 is 0 Å². The van der Waals surface area contributed by atoms with Crippen LogP contribution in [0, 0.1) is 5.92 Å². The summed E-state index contributed by atoms with van der Waals surface area (Å²) in [4.78, 5) is 0. The second-order valence-corrected chi connectivity index (χ2v) is 6.45. The van der Waals surface area contributed by atoms with Crippen LogP contribution in [0.4, 0.5) is 0 Å². The topological polar surface area (TPSA) is 38.0 Å². The van der Waals surface area contributed by atoms with Crippen molar-refractivity contribution in [2.75, 3.05) is 13.1 Å². The van der Waals surface area contributed by atoms with Gasteiger partial charge in [0.2, 0.25) is 0 Å². The lowest BCUT2D eigenvalue weighted by atomic mass is 10.0. The van der Waals surface area contributed by atoms with Crippen LogP contribution in [-0.4, -0.2) is 19.1 Å². The van der Waals surface area contributed by atoms with Crippen LogP contribution in [-0.2, 0) is 0 Å². The molecule has 0 bridgehead atoms. The van der Waals surface area contributed by atoms with Crippen LogP contribution in [0.1, 0.15) is 91.4 Å². The Morgan fingerprint density at radius 2 is 1.20 bits per heavy atom. The van der Waals surface area contributed by atoms with Gasteiger partial charge in [-0.1, -0.05) is 71.6 Å². The molecule has 0 saturated carbocycles. The SMILES string of the molecule is CCC(C)C(C)NCCCCCCCCCCCCN. The van der Waals surface area contributed by atoms with Crippen LogP contribution in [0.25, 0.3) is 0 Å². The summed E-state index contributed by atoms with van der Waals surface area (Å²) < 4.78 is 0. The van der Waals surface area contributed by atoms with E-state index in [0.717, 1.165) is 12.5 Å². The predicted octanol–water partition coefficient (Wildman–Crippen LogP) is 4.87. The Morgan fingerprint density at radius 3 is 1.65 bits per heavy atom. The molecule has 122 valence electrons. The number of nitrogens with one attached hydrogen (secondary N) is 1. The first-order valence-corrected chi connectivity index (χ1v) is 9.15. The van der Waals surface area contributed by atoms with E-state index >= 15 is 0 Å². The summed E-state index contributed by atoms with van der Waals surface area (Å²) in [5.41, 5.74) is 5.49. The van der Waals surface area contributed by atoms with Gasteiger partial charge in [-0.15, -0.1) is 0 Å². The van der Waals surface area contributed by atoms with Crippen molar-refractivity contribution in [3.05, 3.63) is 0 Å². The molecule has 2 heteroatoms. The Labute approximate surface area is 128 Å². The van der Waals surface area contributed by atoms with E-state index in [9.17, 15) is 0 Å². The molecule has 20 heavy (non-hydrogen) atoms. The van der Waals surface area contributed by atoms with Gasteiger partial charge in [0.1, 0.15) is 0 Å². The molecule has 0 aliphatic carbocycles. The largest absolute Gasteiger partial charge is 0.330 e. The highest BCUT2D eigenvalue weighted by atomic mass is 14.9. The fourth-order valence-electron chi connectivity index (χ4n) is 2.57. The summed E-state index contributed by atoms with van der Waals surface area (Å²) in [6, 6.07) is 0.675. The molecule has 0 aliphatic rings. The highest BCUT2D eigenvalue weighted by molar-refractivity contribution is 4.66. The third-order valence-corrected chi connectivity index (χ3v) is 4.59. The van der Waals surface area contributed by atoms with Crippen molar-refractivity contribution in [3.8, 4) is 0 Å². The van der Waals surface area contributed by atoms with Gasteiger partial charge in [0.15, 0.2) is 0 Å². The average molecular weight is 285 g/mol. The molecule has 0 aromatic carbocycles. The second kappa shape index (κ2) is 15.3. The molecule has 0 spiro atoms. The maximum atomic E-state index is 5.49. The summed E-state index contributed by atoms with van der Waals surface area (Å²) >= 11 is 0. The fourth-order valence-corrected chi connectivity index (χ4v) is 2.57. The third kappa shape index (κ3) is 12.9. The van der Waals surface area contributed by atoms with E-state index in [1.54, 1.807) is 0 Å². The maximum Gasteiger partial charge on any atom is 0.00642 e. The Hall–Kier alpha value is -0.0800. The normalized spacial score (nSPS) is 14.4. The molecule has 2 atom stereocenters. The zero-order chi connectivity index (χ0) is 15.1. The lowest BCUT2D eigenvalue weighted by molar-refractivity contribution is 0.385. The number of unbranched alkanes of at least 4 members (excludes halogenated alkanes) is 9. The van der Waals surface area contributed by atoms with Gasteiger partial charge >= 0.3 is 0 Å². The van der Waals surface area contributed by atoms with Gasteiger partial charge in [-0.3, -0.25) is 0 Å². The van der Waals surface area contributed by atoms with Crippen LogP contribution in [0.2, 0.25) is 0 Å². The van der Waals surface area contributed by atoms with Crippen LogP contribution in [0.15, 0.2) is 0 Å². The molecule has 0 aliphatic heterocycles. The number of hydrogen-bond acceptors (Lipinski definition) is 2. The smallest absolute Gasteiger partial charge is 0.00642 e. The Kier molecular flexibility index (Phi) is 15.3. The third-order valence-electron chi connectivity index (χ3n) is 4.59. The molecule has 0 saturated heterocycles. The van der Waals surface area contributed by atoms with Crippen molar-refractivity contribution in [2.24, 2.45) is 11.7 Å². The molecule has 0 amide bonds. The van der Waals surface area contributed by atoms with Crippen LogP contribution in [0.3, 0.4) is 0 Å². The van der Waals surface area contributed by atoms with E-state index in [2.05, 4.69) is 26.1 Å². The lowest BCUT2D eigenvalue weighted by Crippen LogP contribution is -2.32. The van der Waals surface area contributed by atoms with Crippen molar-refractivity contribution < 1.29 is 0 Å². The molecule has 0 rings (SSSR count). The van der Waals surface area contributed by atoms with E-state index in [1.165, 1.54) is 77.2 Å². The van der Waals surface area contributed by atoms with Gasteiger partial charge in [-0.25, -0.2) is 0 Å². The quantitative estimate of drug-likeness (QED) is 0.421. The number of rotatable bonds is 15. The first-order valence-electron chi connectivity index (χ1n) is 9.15. The summed E-state index contributed by atoms with van der Waals surface area (Å²) in [5, 5.41) is 3.65. The molecule has 0 fully saturated rings. The van der Waals surface area contributed by atoms with Crippen molar-refractivity contribution >= 4 is 0 Å². The molecular weight excluding hydrogens is 244 g/mol. The molecule has 0 aromatic heterocycles. The van der Waals surface area contributed by atoms with Crippen molar-refractivity contribution in [1.29, 1.82) is 0 Å². The van der Waals surface area contributed by atoms with E-state index in [1.807, 2.05) is 0 Å². The van der Waals surface area contributed by atoms with Gasteiger partial charge in [0.05, 0.1) is 0 Å². The summed E-state index contributed by atoms with van der Waals surface area (Å²) in [6.07, 6.45) is 15.1. The minimum atomic E-state index is 0.675. The highest BCUT2D eigenvalue weighted by Crippen LogP contribution is 2.11. The standard InChI is InChI=1S/C18H40N2/c1-4-17(2)18(3)20-16-14-12-10-8-6-5-7-9-11-13-15-19/h17-18,20H,4-16,19H2,1-3H3. The Morgan fingerprint density at radius 1 is 0.750 bits per heavy atom. The first-order chi connectivity index (χ1) is 9.72. The maximum absolute atomic E-state index is 5.49. The fraction of sp³-hybridized carbons (Fsp3) is 1.00. The Bertz CT molecular complexity index is 182. The molecule has 0 radical (unpaired) electrons. The predicted molar refractivity (Wildman–Crippen MR) is 92.1 cm³/mol. The lowest BCUT2D eigenvalue weighted by Gasteiger charge is -2.19. The van der Waals surface area contributed by atoms with Crippen molar-refractivity contribution in [2.45, 2.75) is 97.4 Å². The van der Waals surface area contributed by atoms with Gasteiger partial charge in [-0.05, 0) is 38.8 Å². The van der Waals surface area contributed by atoms with E-state index in [4.69, 9.17) is 5.73 Å². The average Bonchev–Trinajstić information content (AvgIpc) is 2.47. The van der Waals surface area contributed by atoms with Crippen molar-refractivity contribution in [3.63, 3.8) is 0 Å². The monoisotopic (exact) mass is 284 g/mol. The van der Waals surface area contributed by atoms with Gasteiger partial charge < -0.3 is 11.1 Å². The summed E-state index contributed by atoms with van der Waals surface area (Å²) in [6.45, 7) is 9.00.